The zero-order valence-electron chi connectivity index (χ0n) is 19.6. The Morgan fingerprint density at radius 3 is 1.24 bits per heavy atom. The number of quaternary nitrogens is 2. The van der Waals surface area contributed by atoms with E-state index in [0.717, 1.165) is 0 Å². The number of aliphatic hydroxyl groups excluding tert-OH is 2. The van der Waals surface area contributed by atoms with Gasteiger partial charge in [-0.05, 0) is 48.5 Å². The van der Waals surface area contributed by atoms with Crippen molar-refractivity contribution in [2.45, 2.75) is 0 Å². The number of hydrogen-bond acceptors (Lipinski definition) is 5. The first-order chi connectivity index (χ1) is 14.5. The summed E-state index contributed by atoms with van der Waals surface area (Å²) in [5, 5.41) is 18.2. The zero-order valence-corrected chi connectivity index (χ0v) is 22.8. The van der Waals surface area contributed by atoms with Crippen LogP contribution in [0.2, 0.25) is 0 Å². The third kappa shape index (κ3) is 10.5. The molecule has 2 aromatic rings. The third-order valence-corrected chi connectivity index (χ3v) is 5.14. The van der Waals surface area contributed by atoms with Crippen molar-refractivity contribution in [2.75, 3.05) is 67.6 Å². The molecule has 9 heteroatoms. The van der Waals surface area contributed by atoms with Gasteiger partial charge in [0.2, 0.25) is 11.6 Å². The number of nitrogens with zero attached hydrogens (tertiary/aromatic N) is 2. The number of benzene rings is 2. The number of hydrogen-bond donors (Lipinski definition) is 2. The van der Waals surface area contributed by atoms with Gasteiger partial charge in [-0.25, -0.2) is 0 Å². The lowest BCUT2D eigenvalue weighted by Crippen LogP contribution is -3.00. The Labute approximate surface area is 217 Å². The standard InChI is InChI=1S/C24H34N2O5.2BrH/c1-25(2,13-15-27)17-23(29)19-5-9-21(10-6-19)31-22-11-7-20(8-12-22)24(30)18-26(3,4)14-16-28;;/h5-12,27-28H,13-18H2,1-4H3;2*1H/q+2;;/p-2. The van der Waals surface area contributed by atoms with Crippen LogP contribution < -0.4 is 38.7 Å². The minimum Gasteiger partial charge on any atom is -1.00 e. The zero-order chi connectivity index (χ0) is 23.1. The lowest BCUT2D eigenvalue weighted by Gasteiger charge is -2.28. The summed E-state index contributed by atoms with van der Waals surface area (Å²) < 4.78 is 6.68. The van der Waals surface area contributed by atoms with Crippen LogP contribution in [0.4, 0.5) is 0 Å². The van der Waals surface area contributed by atoms with Gasteiger partial charge in [-0.2, -0.15) is 0 Å². The maximum Gasteiger partial charge on any atom is 0.216 e. The highest BCUT2D eigenvalue weighted by atomic mass is 79.9. The summed E-state index contributed by atoms with van der Waals surface area (Å²) in [7, 11) is 7.64. The van der Waals surface area contributed by atoms with Crippen molar-refractivity contribution in [3.05, 3.63) is 59.7 Å². The van der Waals surface area contributed by atoms with Crippen LogP contribution in [-0.2, 0) is 0 Å². The molecule has 0 aliphatic carbocycles. The van der Waals surface area contributed by atoms with Crippen LogP contribution in [0.1, 0.15) is 20.7 Å². The van der Waals surface area contributed by atoms with E-state index in [-0.39, 0.29) is 58.7 Å². The Kier molecular flexibility index (Phi) is 13.3. The van der Waals surface area contributed by atoms with Gasteiger partial charge in [0.05, 0.1) is 41.4 Å². The van der Waals surface area contributed by atoms with E-state index < -0.39 is 0 Å². The predicted octanol–water partition coefficient (Wildman–Crippen LogP) is -4.01. The quantitative estimate of drug-likeness (QED) is 0.195. The molecule has 0 aliphatic heterocycles. The van der Waals surface area contributed by atoms with E-state index in [1.807, 2.05) is 28.2 Å². The predicted molar refractivity (Wildman–Crippen MR) is 119 cm³/mol. The number of carbonyl (C=O) groups excluding carboxylic acids is 2. The van der Waals surface area contributed by atoms with E-state index in [4.69, 9.17) is 14.9 Å². The molecule has 2 N–H and O–H groups in total. The first kappa shape index (κ1) is 31.4. The monoisotopic (exact) mass is 588 g/mol. The lowest BCUT2D eigenvalue weighted by molar-refractivity contribution is -0.882. The van der Waals surface area contributed by atoms with Crippen molar-refractivity contribution in [3.63, 3.8) is 0 Å². The molecule has 7 nitrogen and oxygen atoms in total. The average molecular weight is 590 g/mol. The van der Waals surface area contributed by atoms with Crippen LogP contribution in [0.15, 0.2) is 48.5 Å². The largest absolute Gasteiger partial charge is 1.00 e. The molecular formula is C24H34Br2N2O5. The molecule has 0 saturated carbocycles. The van der Waals surface area contributed by atoms with E-state index in [2.05, 4.69) is 0 Å². The highest BCUT2D eigenvalue weighted by Gasteiger charge is 2.21. The van der Waals surface area contributed by atoms with E-state index >= 15 is 0 Å². The van der Waals surface area contributed by atoms with E-state index in [0.29, 0.717) is 57.8 Å². The van der Waals surface area contributed by atoms with Crippen LogP contribution in [0.3, 0.4) is 0 Å². The second kappa shape index (κ2) is 13.9. The van der Waals surface area contributed by atoms with Crippen LogP contribution in [0, 0.1) is 0 Å². The maximum atomic E-state index is 12.5. The molecule has 0 radical (unpaired) electrons. The summed E-state index contributed by atoms with van der Waals surface area (Å²) in [5.74, 6) is 1.21. The molecule has 0 bridgehead atoms. The highest BCUT2D eigenvalue weighted by Crippen LogP contribution is 2.23. The van der Waals surface area contributed by atoms with Crippen LogP contribution in [0.5, 0.6) is 11.5 Å². The van der Waals surface area contributed by atoms with Gasteiger partial charge >= 0.3 is 0 Å². The van der Waals surface area contributed by atoms with Crippen molar-refractivity contribution < 1.29 is 67.5 Å². The highest BCUT2D eigenvalue weighted by molar-refractivity contribution is 5.97. The van der Waals surface area contributed by atoms with Gasteiger partial charge < -0.3 is 57.9 Å². The first-order valence-electron chi connectivity index (χ1n) is 10.4. The summed E-state index contributed by atoms with van der Waals surface area (Å²) >= 11 is 0. The molecule has 0 fully saturated rings. The fourth-order valence-electron chi connectivity index (χ4n) is 3.21. The van der Waals surface area contributed by atoms with Crippen molar-refractivity contribution in [1.29, 1.82) is 0 Å². The fraction of sp³-hybridized carbons (Fsp3) is 0.417. The van der Waals surface area contributed by atoms with Crippen molar-refractivity contribution in [2.24, 2.45) is 0 Å². The lowest BCUT2D eigenvalue weighted by atomic mass is 10.1. The molecule has 2 rings (SSSR count). The number of halogens is 2. The number of likely N-dealkylation sites (N-methyl/N-ethyl adjacent to an activating group) is 2. The normalized spacial score (nSPS) is 11.2. The Morgan fingerprint density at radius 2 is 0.970 bits per heavy atom. The van der Waals surface area contributed by atoms with Crippen LogP contribution in [0.25, 0.3) is 0 Å². The molecule has 184 valence electrons. The van der Waals surface area contributed by atoms with Gasteiger partial charge in [0.1, 0.15) is 37.7 Å². The Balaban J connectivity index is 0.00000512. The molecule has 0 amide bonds. The van der Waals surface area contributed by atoms with Gasteiger partial charge in [-0.15, -0.1) is 0 Å². The fourth-order valence-corrected chi connectivity index (χ4v) is 3.21. The Bertz CT molecular complexity index is 811. The van der Waals surface area contributed by atoms with E-state index in [9.17, 15) is 9.59 Å². The molecule has 0 spiro atoms. The summed E-state index contributed by atoms with van der Waals surface area (Å²) in [5.41, 5.74) is 1.20. The molecule has 0 aromatic heterocycles. The number of Topliss-reactive ketones (excluding diaryl/α,β-unsaturated/α-hetero) is 2. The number of carbonyl (C=O) groups is 2. The number of aliphatic hydroxyl groups is 2. The molecule has 0 unspecified atom stereocenters. The van der Waals surface area contributed by atoms with Crippen LogP contribution >= 0.6 is 0 Å². The van der Waals surface area contributed by atoms with Gasteiger partial charge in [0.25, 0.3) is 0 Å². The Hall–Kier alpha value is -1.62. The van der Waals surface area contributed by atoms with E-state index in [1.165, 1.54) is 0 Å². The SMILES string of the molecule is C[N+](C)(CCO)CC(=O)c1ccc(Oc2ccc(C(=O)C[N+](C)(C)CCO)cc2)cc1.[Br-].[Br-]. The van der Waals surface area contributed by atoms with Crippen molar-refractivity contribution in [3.8, 4) is 11.5 Å². The van der Waals surface area contributed by atoms with Gasteiger partial charge in [-0.1, -0.05) is 0 Å². The molecule has 0 saturated heterocycles. The molecule has 0 heterocycles. The topological polar surface area (TPSA) is 83.8 Å². The summed E-state index contributed by atoms with van der Waals surface area (Å²) in [6, 6.07) is 13.9. The molecule has 33 heavy (non-hydrogen) atoms. The second-order valence-corrected chi connectivity index (χ2v) is 9.08. The minimum atomic E-state index is 0. The molecule has 0 atom stereocenters. The van der Waals surface area contributed by atoms with Gasteiger partial charge in [0.15, 0.2) is 0 Å². The second-order valence-electron chi connectivity index (χ2n) is 9.08. The van der Waals surface area contributed by atoms with Gasteiger partial charge in [-0.3, -0.25) is 9.59 Å². The van der Waals surface area contributed by atoms with Crippen molar-refractivity contribution in [1.82, 2.24) is 0 Å². The first-order valence-corrected chi connectivity index (χ1v) is 10.4. The minimum absolute atomic E-state index is 0. The number of ketones is 2. The van der Waals surface area contributed by atoms with Crippen molar-refractivity contribution >= 4 is 11.6 Å². The molecule has 2 aromatic carbocycles. The smallest absolute Gasteiger partial charge is 0.216 e. The van der Waals surface area contributed by atoms with Crippen LogP contribution in [-0.4, -0.2) is 98.3 Å². The Morgan fingerprint density at radius 1 is 0.667 bits per heavy atom. The van der Waals surface area contributed by atoms with E-state index in [1.54, 1.807) is 48.5 Å². The average Bonchev–Trinajstić information content (AvgIpc) is 2.68. The summed E-state index contributed by atoms with van der Waals surface area (Å²) in [6.45, 7) is 1.73. The molecular weight excluding hydrogens is 556 g/mol. The molecule has 0 aliphatic rings. The summed E-state index contributed by atoms with van der Waals surface area (Å²) in [4.78, 5) is 24.9. The number of ether oxygens (including phenoxy) is 1. The number of rotatable bonds is 12. The summed E-state index contributed by atoms with van der Waals surface area (Å²) in [6.07, 6.45) is 0. The maximum absolute atomic E-state index is 12.5. The van der Waals surface area contributed by atoms with Gasteiger partial charge in [0, 0.05) is 11.1 Å². The third-order valence-electron chi connectivity index (χ3n) is 5.14.